The molecule has 2 N–H and O–H groups in total. The van der Waals surface area contributed by atoms with Crippen molar-refractivity contribution in [3.8, 4) is 0 Å². The molecule has 0 spiro atoms. The van der Waals surface area contributed by atoms with Gasteiger partial charge in [-0.3, -0.25) is 0 Å². The molecule has 1 atom stereocenters. The average Bonchev–Trinajstić information content (AvgIpc) is 2.35. The van der Waals surface area contributed by atoms with Gasteiger partial charge in [0.15, 0.2) is 0 Å². The summed E-state index contributed by atoms with van der Waals surface area (Å²) in [6, 6.07) is 5.56. The smallest absolute Gasteiger partial charge is 0.335 e. The molecule has 1 aliphatic carbocycles. The minimum absolute atomic E-state index is 0.409. The topological polar surface area (TPSA) is 49.3 Å². The normalized spacial score (nSPS) is 18.8. The van der Waals surface area contributed by atoms with E-state index in [-0.39, 0.29) is 0 Å². The molecule has 0 radical (unpaired) electrons. The van der Waals surface area contributed by atoms with Crippen LogP contribution in [0.5, 0.6) is 0 Å². The van der Waals surface area contributed by atoms with Gasteiger partial charge in [-0.25, -0.2) is 4.79 Å². The van der Waals surface area contributed by atoms with Crippen molar-refractivity contribution in [3.05, 3.63) is 34.9 Å². The molecule has 92 valence electrons. The first-order valence-corrected chi connectivity index (χ1v) is 6.29. The third-order valence-corrected chi connectivity index (χ3v) is 3.47. The monoisotopic (exact) mass is 233 g/mol. The van der Waals surface area contributed by atoms with Crippen molar-refractivity contribution >= 4 is 5.97 Å². The van der Waals surface area contributed by atoms with Gasteiger partial charge in [-0.15, -0.1) is 0 Å². The van der Waals surface area contributed by atoms with Crippen LogP contribution in [0, 0.1) is 0 Å². The molecular formula is C14H19NO2. The van der Waals surface area contributed by atoms with E-state index < -0.39 is 5.97 Å². The zero-order valence-corrected chi connectivity index (χ0v) is 10.2. The Bertz CT molecular complexity index is 415. The number of carboxylic acids is 1. The molecular weight excluding hydrogens is 214 g/mol. The van der Waals surface area contributed by atoms with E-state index >= 15 is 0 Å². The highest BCUT2D eigenvalue weighted by molar-refractivity contribution is 5.88. The van der Waals surface area contributed by atoms with Crippen molar-refractivity contribution in [2.24, 2.45) is 0 Å². The summed E-state index contributed by atoms with van der Waals surface area (Å²) in [5.41, 5.74) is 2.97. The molecule has 0 saturated heterocycles. The Morgan fingerprint density at radius 1 is 1.53 bits per heavy atom. The number of fused-ring (bicyclic) bond motifs is 1. The first kappa shape index (κ1) is 12.1. The maximum absolute atomic E-state index is 11.0. The molecule has 0 bridgehead atoms. The first-order valence-electron chi connectivity index (χ1n) is 6.29. The number of hydrogen-bond donors (Lipinski definition) is 2. The zero-order chi connectivity index (χ0) is 12.3. The van der Waals surface area contributed by atoms with E-state index in [4.69, 9.17) is 5.11 Å². The highest BCUT2D eigenvalue weighted by Crippen LogP contribution is 2.31. The number of aryl methyl sites for hydroxylation is 1. The van der Waals surface area contributed by atoms with Gasteiger partial charge in [0.2, 0.25) is 0 Å². The fourth-order valence-corrected chi connectivity index (χ4v) is 2.56. The Morgan fingerprint density at radius 2 is 2.35 bits per heavy atom. The number of benzene rings is 1. The molecule has 0 fully saturated rings. The molecule has 3 heteroatoms. The Hall–Kier alpha value is -1.35. The molecule has 1 aromatic rings. The standard InChI is InChI=1S/C14H19NO2/c1-2-15-9-12-5-3-4-10-6-7-11(14(16)17)8-13(10)12/h6-8,12,15H,2-5,9H2,1H3,(H,16,17). The summed E-state index contributed by atoms with van der Waals surface area (Å²) >= 11 is 0. The lowest BCUT2D eigenvalue weighted by Gasteiger charge is -2.26. The van der Waals surface area contributed by atoms with E-state index in [1.165, 1.54) is 17.5 Å². The van der Waals surface area contributed by atoms with Crippen LogP contribution in [0.15, 0.2) is 18.2 Å². The summed E-state index contributed by atoms with van der Waals surface area (Å²) in [4.78, 5) is 11.0. The molecule has 1 aromatic carbocycles. The quantitative estimate of drug-likeness (QED) is 0.839. The molecule has 0 saturated carbocycles. The van der Waals surface area contributed by atoms with Gasteiger partial charge in [0, 0.05) is 6.54 Å². The lowest BCUT2D eigenvalue weighted by atomic mass is 9.82. The number of hydrogen-bond acceptors (Lipinski definition) is 2. The van der Waals surface area contributed by atoms with Crippen molar-refractivity contribution < 1.29 is 9.90 Å². The van der Waals surface area contributed by atoms with Crippen LogP contribution < -0.4 is 5.32 Å². The molecule has 0 aromatic heterocycles. The third kappa shape index (κ3) is 2.67. The van der Waals surface area contributed by atoms with Gasteiger partial charge in [-0.1, -0.05) is 13.0 Å². The van der Waals surface area contributed by atoms with E-state index in [0.29, 0.717) is 11.5 Å². The van der Waals surface area contributed by atoms with Crippen LogP contribution in [0.3, 0.4) is 0 Å². The minimum atomic E-state index is -0.833. The fraction of sp³-hybridized carbons (Fsp3) is 0.500. The summed E-state index contributed by atoms with van der Waals surface area (Å²) in [6.07, 6.45) is 3.44. The second-order valence-corrected chi connectivity index (χ2v) is 4.62. The molecule has 0 aliphatic heterocycles. The predicted molar refractivity (Wildman–Crippen MR) is 67.6 cm³/mol. The van der Waals surface area contributed by atoms with Gasteiger partial charge in [0.1, 0.15) is 0 Å². The van der Waals surface area contributed by atoms with Crippen molar-refractivity contribution in [2.75, 3.05) is 13.1 Å². The van der Waals surface area contributed by atoms with Gasteiger partial charge < -0.3 is 10.4 Å². The molecule has 1 unspecified atom stereocenters. The summed E-state index contributed by atoms with van der Waals surface area (Å²) in [5, 5.41) is 12.4. The SMILES string of the molecule is CCNCC1CCCc2ccc(C(=O)O)cc21. The van der Waals surface area contributed by atoms with E-state index in [1.807, 2.05) is 12.1 Å². The Balaban J connectivity index is 2.27. The highest BCUT2D eigenvalue weighted by atomic mass is 16.4. The van der Waals surface area contributed by atoms with Crippen LogP contribution in [0.2, 0.25) is 0 Å². The fourth-order valence-electron chi connectivity index (χ4n) is 2.56. The van der Waals surface area contributed by atoms with Crippen molar-refractivity contribution in [2.45, 2.75) is 32.1 Å². The lowest BCUT2D eigenvalue weighted by Crippen LogP contribution is -2.24. The molecule has 17 heavy (non-hydrogen) atoms. The lowest BCUT2D eigenvalue weighted by molar-refractivity contribution is 0.0696. The summed E-state index contributed by atoms with van der Waals surface area (Å²) in [7, 11) is 0. The second kappa shape index (κ2) is 5.32. The Labute approximate surface area is 102 Å². The Morgan fingerprint density at radius 3 is 3.06 bits per heavy atom. The second-order valence-electron chi connectivity index (χ2n) is 4.62. The number of rotatable bonds is 4. The summed E-state index contributed by atoms with van der Waals surface area (Å²) in [5.74, 6) is -0.362. The van der Waals surface area contributed by atoms with Crippen LogP contribution in [0.4, 0.5) is 0 Å². The van der Waals surface area contributed by atoms with Crippen LogP contribution in [0.25, 0.3) is 0 Å². The van der Waals surface area contributed by atoms with Gasteiger partial charge >= 0.3 is 5.97 Å². The van der Waals surface area contributed by atoms with Crippen molar-refractivity contribution in [1.29, 1.82) is 0 Å². The van der Waals surface area contributed by atoms with Gasteiger partial charge in [0.05, 0.1) is 5.56 Å². The van der Waals surface area contributed by atoms with Crippen LogP contribution in [-0.4, -0.2) is 24.2 Å². The van der Waals surface area contributed by atoms with Gasteiger partial charge in [-0.2, -0.15) is 0 Å². The highest BCUT2D eigenvalue weighted by Gasteiger charge is 2.21. The summed E-state index contributed by atoms with van der Waals surface area (Å²) in [6.45, 7) is 4.01. The molecule has 2 rings (SSSR count). The molecule has 0 heterocycles. The average molecular weight is 233 g/mol. The van der Waals surface area contributed by atoms with E-state index in [0.717, 1.165) is 25.9 Å². The van der Waals surface area contributed by atoms with Crippen LogP contribution >= 0.6 is 0 Å². The predicted octanol–water partition coefficient (Wildman–Crippen LogP) is 2.41. The van der Waals surface area contributed by atoms with E-state index in [1.54, 1.807) is 6.07 Å². The van der Waals surface area contributed by atoms with Gasteiger partial charge in [-0.05, 0) is 55.0 Å². The van der Waals surface area contributed by atoms with Crippen molar-refractivity contribution in [1.82, 2.24) is 5.32 Å². The molecule has 3 nitrogen and oxygen atoms in total. The number of likely N-dealkylation sites (N-methyl/N-ethyl adjacent to an activating group) is 1. The molecule has 0 amide bonds. The number of carbonyl (C=O) groups is 1. The zero-order valence-electron chi connectivity index (χ0n) is 10.2. The number of carboxylic acid groups (broad SMARTS) is 1. The first-order chi connectivity index (χ1) is 8.22. The van der Waals surface area contributed by atoms with Gasteiger partial charge in [0.25, 0.3) is 0 Å². The van der Waals surface area contributed by atoms with Crippen LogP contribution in [-0.2, 0) is 6.42 Å². The van der Waals surface area contributed by atoms with E-state index in [9.17, 15) is 4.79 Å². The van der Waals surface area contributed by atoms with E-state index in [2.05, 4.69) is 12.2 Å². The van der Waals surface area contributed by atoms with Crippen LogP contribution in [0.1, 0.15) is 47.2 Å². The number of nitrogens with one attached hydrogen (secondary N) is 1. The van der Waals surface area contributed by atoms with Crippen molar-refractivity contribution in [3.63, 3.8) is 0 Å². The third-order valence-electron chi connectivity index (χ3n) is 3.47. The Kier molecular flexibility index (Phi) is 3.79. The maximum Gasteiger partial charge on any atom is 0.335 e. The maximum atomic E-state index is 11.0. The number of aromatic carboxylic acids is 1. The summed E-state index contributed by atoms with van der Waals surface area (Å²) < 4.78 is 0. The molecule has 1 aliphatic rings. The minimum Gasteiger partial charge on any atom is -0.478 e. The largest absolute Gasteiger partial charge is 0.478 e.